The van der Waals surface area contributed by atoms with Crippen molar-refractivity contribution in [2.45, 2.75) is 25.9 Å². The van der Waals surface area contributed by atoms with Gasteiger partial charge in [-0.15, -0.1) is 11.3 Å². The summed E-state index contributed by atoms with van der Waals surface area (Å²) < 4.78 is 2.41. The number of thiophene rings is 1. The van der Waals surface area contributed by atoms with Crippen LogP contribution in [0.1, 0.15) is 24.0 Å². The van der Waals surface area contributed by atoms with Crippen molar-refractivity contribution in [1.29, 1.82) is 0 Å². The molecular formula is C26H25ClN4O2S. The van der Waals surface area contributed by atoms with E-state index in [2.05, 4.69) is 10.2 Å². The highest BCUT2D eigenvalue weighted by Crippen LogP contribution is 2.25. The van der Waals surface area contributed by atoms with Crippen LogP contribution in [-0.2, 0) is 17.9 Å². The molecule has 34 heavy (non-hydrogen) atoms. The molecule has 1 N–H and O–H groups in total. The van der Waals surface area contributed by atoms with Crippen molar-refractivity contribution >= 4 is 45.0 Å². The summed E-state index contributed by atoms with van der Waals surface area (Å²) in [6.45, 7) is 2.17. The Balaban J connectivity index is 1.38. The first-order chi connectivity index (χ1) is 16.6. The van der Waals surface area contributed by atoms with Crippen molar-refractivity contribution in [2.75, 3.05) is 18.0 Å². The highest BCUT2D eigenvalue weighted by molar-refractivity contribution is 7.17. The fourth-order valence-electron chi connectivity index (χ4n) is 4.44. The van der Waals surface area contributed by atoms with E-state index in [1.54, 1.807) is 4.57 Å². The Bertz CT molecular complexity index is 1370. The highest BCUT2D eigenvalue weighted by Gasteiger charge is 2.28. The van der Waals surface area contributed by atoms with E-state index in [1.807, 2.05) is 66.0 Å². The monoisotopic (exact) mass is 492 g/mol. The Hall–Kier alpha value is -3.16. The third-order valence-electron chi connectivity index (χ3n) is 6.16. The fraction of sp³-hybridized carbons (Fsp3) is 0.269. The topological polar surface area (TPSA) is 67.2 Å². The lowest BCUT2D eigenvalue weighted by molar-refractivity contribution is -0.125. The molecule has 0 radical (unpaired) electrons. The van der Waals surface area contributed by atoms with Crippen LogP contribution in [0.15, 0.2) is 70.8 Å². The molecule has 1 aliphatic heterocycles. The molecule has 0 spiro atoms. The summed E-state index contributed by atoms with van der Waals surface area (Å²) in [5, 5.41) is 5.60. The molecule has 0 bridgehead atoms. The number of piperidine rings is 1. The number of rotatable bonds is 6. The Morgan fingerprint density at radius 3 is 2.76 bits per heavy atom. The van der Waals surface area contributed by atoms with E-state index in [0.717, 1.165) is 30.5 Å². The van der Waals surface area contributed by atoms with Crippen LogP contribution in [0.5, 0.6) is 0 Å². The Kier molecular flexibility index (Phi) is 6.65. The lowest BCUT2D eigenvalue weighted by Crippen LogP contribution is -2.45. The molecule has 1 atom stereocenters. The molecule has 0 unspecified atom stereocenters. The summed E-state index contributed by atoms with van der Waals surface area (Å²) in [5.74, 6) is 0.471. The molecule has 1 fully saturated rings. The maximum Gasteiger partial charge on any atom is 0.273 e. The number of carbonyl (C=O) groups excluding carboxylic acids is 1. The van der Waals surface area contributed by atoms with Gasteiger partial charge in [-0.2, -0.15) is 0 Å². The van der Waals surface area contributed by atoms with E-state index in [4.69, 9.17) is 16.6 Å². The summed E-state index contributed by atoms with van der Waals surface area (Å²) in [5.41, 5.74) is 2.68. The summed E-state index contributed by atoms with van der Waals surface area (Å²) >= 11 is 7.48. The van der Waals surface area contributed by atoms with Crippen LogP contribution in [0.25, 0.3) is 10.2 Å². The van der Waals surface area contributed by atoms with Gasteiger partial charge in [-0.1, -0.05) is 54.1 Å². The average Bonchev–Trinajstić information content (AvgIpc) is 3.34. The van der Waals surface area contributed by atoms with Crippen LogP contribution in [0, 0.1) is 5.92 Å². The largest absolute Gasteiger partial charge is 0.352 e. The molecule has 8 heteroatoms. The predicted octanol–water partition coefficient (Wildman–Crippen LogP) is 4.69. The van der Waals surface area contributed by atoms with Gasteiger partial charge in [-0.3, -0.25) is 14.2 Å². The van der Waals surface area contributed by atoms with Crippen molar-refractivity contribution in [3.8, 4) is 0 Å². The van der Waals surface area contributed by atoms with Crippen molar-refractivity contribution < 1.29 is 4.79 Å². The van der Waals surface area contributed by atoms with Crippen molar-refractivity contribution in [3.05, 3.63) is 92.5 Å². The summed E-state index contributed by atoms with van der Waals surface area (Å²) in [6, 6.07) is 19.3. The molecule has 3 heterocycles. The number of fused-ring (bicyclic) bond motifs is 1. The van der Waals surface area contributed by atoms with Gasteiger partial charge in [0.15, 0.2) is 0 Å². The zero-order valence-corrected chi connectivity index (χ0v) is 20.2. The minimum Gasteiger partial charge on any atom is -0.352 e. The number of aromatic nitrogens is 2. The number of benzene rings is 2. The third-order valence-corrected chi connectivity index (χ3v) is 7.29. The number of carbonyl (C=O) groups is 1. The first-order valence-corrected chi connectivity index (χ1v) is 12.6. The number of halogens is 1. The molecule has 0 saturated carbocycles. The van der Waals surface area contributed by atoms with E-state index in [-0.39, 0.29) is 17.4 Å². The van der Waals surface area contributed by atoms with E-state index >= 15 is 0 Å². The maximum absolute atomic E-state index is 13.4. The maximum atomic E-state index is 13.4. The second-order valence-electron chi connectivity index (χ2n) is 8.56. The van der Waals surface area contributed by atoms with Crippen LogP contribution < -0.4 is 15.8 Å². The minimum atomic E-state index is -0.173. The predicted molar refractivity (Wildman–Crippen MR) is 138 cm³/mol. The number of hydrogen-bond donors (Lipinski definition) is 1. The second kappa shape index (κ2) is 9.99. The standard InChI is InChI=1S/C26H25ClN4O2S/c27-21-10-4-8-19(14-21)15-28-24(32)20-9-5-12-30(17-20)26-29-22-11-13-34-23(22)25(33)31(26)16-18-6-2-1-3-7-18/h1-4,6-8,10-11,13-14,20H,5,9,12,15-17H2,(H,28,32)/t20-/m0/s1. The van der Waals surface area contributed by atoms with Crippen LogP contribution in [0.2, 0.25) is 5.02 Å². The van der Waals surface area contributed by atoms with Gasteiger partial charge in [0.05, 0.1) is 18.0 Å². The van der Waals surface area contributed by atoms with Crippen molar-refractivity contribution in [3.63, 3.8) is 0 Å². The Morgan fingerprint density at radius 2 is 1.94 bits per heavy atom. The Morgan fingerprint density at radius 1 is 1.12 bits per heavy atom. The van der Waals surface area contributed by atoms with Crippen LogP contribution >= 0.6 is 22.9 Å². The van der Waals surface area contributed by atoms with Gasteiger partial charge >= 0.3 is 0 Å². The summed E-state index contributed by atoms with van der Waals surface area (Å²) in [7, 11) is 0. The molecule has 6 nitrogen and oxygen atoms in total. The Labute approximate surface area is 206 Å². The second-order valence-corrected chi connectivity index (χ2v) is 9.91. The number of anilines is 1. The zero-order valence-electron chi connectivity index (χ0n) is 18.6. The van der Waals surface area contributed by atoms with Crippen molar-refractivity contribution in [1.82, 2.24) is 14.9 Å². The van der Waals surface area contributed by atoms with Gasteiger partial charge < -0.3 is 10.2 Å². The number of hydrogen-bond acceptors (Lipinski definition) is 5. The van der Waals surface area contributed by atoms with E-state index in [0.29, 0.717) is 40.8 Å². The first-order valence-electron chi connectivity index (χ1n) is 11.4. The SMILES string of the molecule is O=C(NCc1cccc(Cl)c1)[C@H]1CCCN(c2nc3ccsc3c(=O)n2Cc2ccccc2)C1. The van der Waals surface area contributed by atoms with Gasteiger partial charge in [0.1, 0.15) is 4.70 Å². The number of nitrogens with one attached hydrogen (secondary N) is 1. The number of nitrogens with zero attached hydrogens (tertiary/aromatic N) is 3. The highest BCUT2D eigenvalue weighted by atomic mass is 35.5. The van der Waals surface area contributed by atoms with Gasteiger partial charge in [-0.05, 0) is 47.5 Å². The fourth-order valence-corrected chi connectivity index (χ4v) is 5.43. The molecule has 0 aliphatic carbocycles. The normalized spacial score (nSPS) is 16.0. The van der Waals surface area contributed by atoms with Gasteiger partial charge in [0, 0.05) is 24.7 Å². The lowest BCUT2D eigenvalue weighted by Gasteiger charge is -2.34. The zero-order chi connectivity index (χ0) is 23.5. The summed E-state index contributed by atoms with van der Waals surface area (Å²) in [6.07, 6.45) is 1.67. The first kappa shape index (κ1) is 22.6. The lowest BCUT2D eigenvalue weighted by atomic mass is 9.97. The third kappa shape index (κ3) is 4.86. The van der Waals surface area contributed by atoms with Gasteiger partial charge in [0.2, 0.25) is 11.9 Å². The van der Waals surface area contributed by atoms with E-state index in [1.165, 1.54) is 11.3 Å². The molecule has 2 aromatic heterocycles. The molecule has 5 rings (SSSR count). The van der Waals surface area contributed by atoms with Crippen LogP contribution in [-0.4, -0.2) is 28.5 Å². The smallest absolute Gasteiger partial charge is 0.273 e. The van der Waals surface area contributed by atoms with E-state index in [9.17, 15) is 9.59 Å². The van der Waals surface area contributed by atoms with E-state index < -0.39 is 0 Å². The molecule has 1 amide bonds. The molecule has 174 valence electrons. The van der Waals surface area contributed by atoms with Crippen molar-refractivity contribution in [2.24, 2.45) is 5.92 Å². The summed E-state index contributed by atoms with van der Waals surface area (Å²) in [4.78, 5) is 33.3. The molecular weight excluding hydrogens is 468 g/mol. The number of amides is 1. The minimum absolute atomic E-state index is 0.0123. The van der Waals surface area contributed by atoms with Crippen LogP contribution in [0.3, 0.4) is 0 Å². The molecule has 2 aromatic carbocycles. The quantitative estimate of drug-likeness (QED) is 0.424. The molecule has 4 aromatic rings. The van der Waals surface area contributed by atoms with Gasteiger partial charge in [0.25, 0.3) is 5.56 Å². The molecule has 1 aliphatic rings. The van der Waals surface area contributed by atoms with Gasteiger partial charge in [-0.25, -0.2) is 4.98 Å². The van der Waals surface area contributed by atoms with Crippen LogP contribution in [0.4, 0.5) is 5.95 Å². The average molecular weight is 493 g/mol. The molecule has 1 saturated heterocycles.